The Balaban J connectivity index is 2.16. The maximum atomic E-state index is 14.0. The third-order valence-corrected chi connectivity index (χ3v) is 3.45. The number of nitrogens with zero attached hydrogens (tertiary/aromatic N) is 1. The number of phenolic OH excluding ortho intramolecular Hbond substituents is 1. The summed E-state index contributed by atoms with van der Waals surface area (Å²) in [5.41, 5.74) is 0.640. The van der Waals surface area contributed by atoms with Crippen LogP contribution in [0.5, 0.6) is 5.75 Å². The Hall–Kier alpha value is -2.98. The van der Waals surface area contributed by atoms with Crippen LogP contribution in [0.3, 0.4) is 0 Å². The summed E-state index contributed by atoms with van der Waals surface area (Å²) in [5.74, 6) is -3.42. The number of benzene rings is 2. The molecule has 0 saturated heterocycles. The molecule has 0 saturated carbocycles. The van der Waals surface area contributed by atoms with Gasteiger partial charge in [0.1, 0.15) is 17.4 Å². The minimum atomic E-state index is -1.48. The second-order valence-electron chi connectivity index (χ2n) is 5.19. The van der Waals surface area contributed by atoms with E-state index < -0.39 is 35.0 Å². The quantitative estimate of drug-likeness (QED) is 0.842. The maximum Gasteiger partial charge on any atom is 0.254 e. The number of nitrogens with one attached hydrogen (secondary N) is 1. The molecular formula is C18H16F2N2O3. The molecule has 0 radical (unpaired) electrons. The Bertz CT molecular complexity index is 778. The first-order chi connectivity index (χ1) is 12.0. The van der Waals surface area contributed by atoms with Gasteiger partial charge in [0.15, 0.2) is 6.10 Å². The van der Waals surface area contributed by atoms with E-state index in [9.17, 15) is 18.7 Å². The van der Waals surface area contributed by atoms with Crippen LogP contribution in [0.25, 0.3) is 0 Å². The summed E-state index contributed by atoms with van der Waals surface area (Å²) in [6.45, 7) is 1.77. The molecule has 130 valence electrons. The number of carbonyl (C=O) groups is 1. The van der Waals surface area contributed by atoms with Crippen LogP contribution in [-0.4, -0.2) is 17.6 Å². The molecule has 1 atom stereocenters. The monoisotopic (exact) mass is 346 g/mol. The van der Waals surface area contributed by atoms with E-state index >= 15 is 0 Å². The molecule has 0 aliphatic rings. The van der Waals surface area contributed by atoms with E-state index in [1.165, 1.54) is 0 Å². The Morgan fingerprint density at radius 1 is 1.28 bits per heavy atom. The van der Waals surface area contributed by atoms with E-state index in [0.717, 1.165) is 12.1 Å². The minimum absolute atomic E-state index is 0.0642. The summed E-state index contributed by atoms with van der Waals surface area (Å²) in [6.07, 6.45) is -1.48. The molecule has 0 bridgehead atoms. The number of ether oxygens (including phenoxy) is 1. The maximum absolute atomic E-state index is 14.0. The number of rotatable bonds is 6. The minimum Gasteiger partial charge on any atom is -0.508 e. The Kier molecular flexibility index (Phi) is 6.03. The number of hydrogen-bond donors (Lipinski definition) is 2. The Morgan fingerprint density at radius 2 is 1.88 bits per heavy atom. The SMILES string of the molecule is CCO[C@H](C(=O)NCc1ccc(C#N)cc1)c1c(F)cc(O)cc1F. The van der Waals surface area contributed by atoms with Crippen molar-refractivity contribution < 1.29 is 23.4 Å². The highest BCUT2D eigenvalue weighted by Gasteiger charge is 2.28. The number of nitriles is 1. The van der Waals surface area contributed by atoms with Crippen LogP contribution in [0.15, 0.2) is 36.4 Å². The van der Waals surface area contributed by atoms with Crippen LogP contribution in [0.2, 0.25) is 0 Å². The molecule has 0 spiro atoms. The van der Waals surface area contributed by atoms with E-state index in [2.05, 4.69) is 5.32 Å². The zero-order valence-electron chi connectivity index (χ0n) is 13.4. The molecule has 0 heterocycles. The predicted octanol–water partition coefficient (Wildman–Crippen LogP) is 2.94. The summed E-state index contributed by atoms with van der Waals surface area (Å²) in [5, 5.41) is 20.5. The molecule has 1 amide bonds. The van der Waals surface area contributed by atoms with Crippen LogP contribution in [0.4, 0.5) is 8.78 Å². The smallest absolute Gasteiger partial charge is 0.254 e. The standard InChI is InChI=1S/C18H16F2N2O3/c1-2-25-17(16-14(19)7-13(23)8-15(16)20)18(24)22-10-12-5-3-11(9-21)4-6-12/h3-8,17,23H,2,10H2,1H3,(H,22,24)/t17-/m0/s1. The molecule has 2 N–H and O–H groups in total. The van der Waals surface area contributed by atoms with Gasteiger partial charge < -0.3 is 15.2 Å². The topological polar surface area (TPSA) is 82.3 Å². The summed E-state index contributed by atoms with van der Waals surface area (Å²) in [7, 11) is 0. The van der Waals surface area contributed by atoms with Crippen molar-refractivity contribution in [2.24, 2.45) is 0 Å². The highest BCUT2D eigenvalue weighted by molar-refractivity contribution is 5.82. The Labute approximate surface area is 143 Å². The van der Waals surface area contributed by atoms with Crippen molar-refractivity contribution in [3.63, 3.8) is 0 Å². The van der Waals surface area contributed by atoms with Gasteiger partial charge in [0.2, 0.25) is 0 Å². The van der Waals surface area contributed by atoms with E-state index in [0.29, 0.717) is 11.1 Å². The molecule has 0 aliphatic carbocycles. The van der Waals surface area contributed by atoms with Crippen LogP contribution >= 0.6 is 0 Å². The highest BCUT2D eigenvalue weighted by Crippen LogP contribution is 2.27. The zero-order chi connectivity index (χ0) is 18.4. The average molecular weight is 346 g/mol. The van der Waals surface area contributed by atoms with Crippen molar-refractivity contribution >= 4 is 5.91 Å². The summed E-state index contributed by atoms with van der Waals surface area (Å²) < 4.78 is 33.2. The lowest BCUT2D eigenvalue weighted by Gasteiger charge is -2.18. The van der Waals surface area contributed by atoms with E-state index in [-0.39, 0.29) is 13.2 Å². The largest absolute Gasteiger partial charge is 0.508 e. The van der Waals surface area contributed by atoms with Gasteiger partial charge in [0.05, 0.1) is 17.2 Å². The molecule has 2 rings (SSSR count). The van der Waals surface area contributed by atoms with Crippen molar-refractivity contribution in [2.45, 2.75) is 19.6 Å². The van der Waals surface area contributed by atoms with Gasteiger partial charge in [-0.3, -0.25) is 4.79 Å². The fourth-order valence-electron chi connectivity index (χ4n) is 2.26. The molecule has 0 aromatic heterocycles. The van der Waals surface area contributed by atoms with Gasteiger partial charge in [0.25, 0.3) is 5.91 Å². The van der Waals surface area contributed by atoms with E-state index in [4.69, 9.17) is 10.00 Å². The fourth-order valence-corrected chi connectivity index (χ4v) is 2.26. The lowest BCUT2D eigenvalue weighted by molar-refractivity contribution is -0.133. The predicted molar refractivity (Wildman–Crippen MR) is 85.4 cm³/mol. The third-order valence-electron chi connectivity index (χ3n) is 3.45. The molecule has 5 nitrogen and oxygen atoms in total. The number of phenols is 1. The van der Waals surface area contributed by atoms with Gasteiger partial charge in [-0.25, -0.2) is 8.78 Å². The molecule has 25 heavy (non-hydrogen) atoms. The first-order valence-electron chi connectivity index (χ1n) is 7.52. The average Bonchev–Trinajstić information content (AvgIpc) is 2.58. The molecule has 0 unspecified atom stereocenters. The van der Waals surface area contributed by atoms with Crippen molar-refractivity contribution in [2.75, 3.05) is 6.61 Å². The Morgan fingerprint density at radius 3 is 2.40 bits per heavy atom. The van der Waals surface area contributed by atoms with Gasteiger partial charge in [-0.1, -0.05) is 12.1 Å². The molecule has 2 aromatic carbocycles. The van der Waals surface area contributed by atoms with Gasteiger partial charge in [0, 0.05) is 25.3 Å². The molecular weight excluding hydrogens is 330 g/mol. The first kappa shape index (κ1) is 18.4. The van der Waals surface area contributed by atoms with Gasteiger partial charge >= 0.3 is 0 Å². The van der Waals surface area contributed by atoms with Crippen molar-refractivity contribution in [1.82, 2.24) is 5.32 Å². The van der Waals surface area contributed by atoms with Gasteiger partial charge in [-0.2, -0.15) is 5.26 Å². The second kappa shape index (κ2) is 8.22. The molecule has 0 aliphatic heterocycles. The lowest BCUT2D eigenvalue weighted by Crippen LogP contribution is -2.31. The number of aromatic hydroxyl groups is 1. The van der Waals surface area contributed by atoms with Crippen LogP contribution in [0, 0.1) is 23.0 Å². The number of hydrogen-bond acceptors (Lipinski definition) is 4. The number of carbonyl (C=O) groups excluding carboxylic acids is 1. The fraction of sp³-hybridized carbons (Fsp3) is 0.222. The van der Waals surface area contributed by atoms with Gasteiger partial charge in [-0.15, -0.1) is 0 Å². The van der Waals surface area contributed by atoms with Crippen LogP contribution in [0.1, 0.15) is 29.7 Å². The summed E-state index contributed by atoms with van der Waals surface area (Å²) >= 11 is 0. The number of amides is 1. The van der Waals surface area contributed by atoms with Crippen molar-refractivity contribution in [3.05, 3.63) is 64.7 Å². The van der Waals surface area contributed by atoms with Crippen molar-refractivity contribution in [3.8, 4) is 11.8 Å². The third kappa shape index (κ3) is 4.52. The normalized spacial score (nSPS) is 11.6. The van der Waals surface area contributed by atoms with Crippen molar-refractivity contribution in [1.29, 1.82) is 5.26 Å². The highest BCUT2D eigenvalue weighted by atomic mass is 19.1. The van der Waals surface area contributed by atoms with Gasteiger partial charge in [-0.05, 0) is 24.6 Å². The number of halogens is 2. The molecule has 2 aromatic rings. The van der Waals surface area contributed by atoms with Crippen LogP contribution < -0.4 is 5.32 Å². The molecule has 0 fully saturated rings. The second-order valence-corrected chi connectivity index (χ2v) is 5.19. The van der Waals surface area contributed by atoms with E-state index in [1.54, 1.807) is 31.2 Å². The summed E-state index contributed by atoms with van der Waals surface area (Å²) in [6, 6.07) is 9.94. The van der Waals surface area contributed by atoms with E-state index in [1.807, 2.05) is 6.07 Å². The lowest BCUT2D eigenvalue weighted by atomic mass is 10.1. The first-order valence-corrected chi connectivity index (χ1v) is 7.52. The summed E-state index contributed by atoms with van der Waals surface area (Å²) in [4.78, 5) is 12.3. The molecule has 7 heteroatoms. The zero-order valence-corrected chi connectivity index (χ0v) is 13.4. The van der Waals surface area contributed by atoms with Crippen LogP contribution in [-0.2, 0) is 16.1 Å².